The Balaban J connectivity index is 4.34. The fourth-order valence-corrected chi connectivity index (χ4v) is 4.15. The van der Waals surface area contributed by atoms with Crippen molar-refractivity contribution in [3.63, 3.8) is 0 Å². The van der Waals surface area contributed by atoms with Crippen LogP contribution in [0.25, 0.3) is 0 Å². The van der Waals surface area contributed by atoms with E-state index in [2.05, 4.69) is 28.2 Å². The molecule has 4 amide bonds. The van der Waals surface area contributed by atoms with Gasteiger partial charge in [-0.05, 0) is 32.2 Å². The molecule has 0 aliphatic rings. The molecule has 41 heavy (non-hydrogen) atoms. The van der Waals surface area contributed by atoms with Crippen molar-refractivity contribution in [1.29, 1.82) is 0 Å². The molecule has 238 valence electrons. The number of carboxylic acid groups (broad SMARTS) is 1. The molecule has 0 saturated carbocycles. The van der Waals surface area contributed by atoms with Crippen molar-refractivity contribution in [2.45, 2.75) is 121 Å². The molecule has 0 heterocycles. The zero-order chi connectivity index (χ0) is 30.9. The van der Waals surface area contributed by atoms with Crippen molar-refractivity contribution in [1.82, 2.24) is 21.3 Å². The predicted octanol–water partition coefficient (Wildman–Crippen LogP) is 0.456. The lowest BCUT2D eigenvalue weighted by Gasteiger charge is -2.22. The normalized spacial score (nSPS) is 13.1. The third-order valence-corrected chi connectivity index (χ3v) is 6.66. The number of carboxylic acids is 1. The van der Waals surface area contributed by atoms with E-state index in [4.69, 9.17) is 5.73 Å². The largest absolute Gasteiger partial charge is 0.480 e. The van der Waals surface area contributed by atoms with Crippen molar-refractivity contribution < 1.29 is 39.3 Å². The van der Waals surface area contributed by atoms with Crippen LogP contribution in [0.1, 0.15) is 103 Å². The zero-order valence-electron chi connectivity index (χ0n) is 24.6. The highest BCUT2D eigenvalue weighted by Gasteiger charge is 2.28. The number of unbranched alkanes of at least 4 members (excludes halogenated alkanes) is 11. The molecule has 0 aromatic carbocycles. The molecule has 0 rings (SSSR count). The minimum Gasteiger partial charge on any atom is -0.480 e. The predicted molar refractivity (Wildman–Crippen MR) is 155 cm³/mol. The summed E-state index contributed by atoms with van der Waals surface area (Å²) in [5.74, 6) is -4.18. The number of carbonyl (C=O) groups excluding carboxylic acids is 4. The van der Waals surface area contributed by atoms with Crippen LogP contribution in [0.2, 0.25) is 0 Å². The van der Waals surface area contributed by atoms with Crippen molar-refractivity contribution in [2.24, 2.45) is 5.73 Å². The molecule has 0 aliphatic carbocycles. The van der Waals surface area contributed by atoms with Gasteiger partial charge in [-0.15, -0.1) is 0 Å². The summed E-state index contributed by atoms with van der Waals surface area (Å²) >= 11 is 0. The van der Waals surface area contributed by atoms with Gasteiger partial charge in [0.15, 0.2) is 0 Å². The topological polar surface area (TPSA) is 220 Å². The summed E-state index contributed by atoms with van der Waals surface area (Å²) < 4.78 is 0. The number of nitrogens with two attached hydrogens (primary N) is 1. The number of aliphatic hydroxyl groups excluding tert-OH is 2. The Morgan fingerprint density at radius 3 is 1.61 bits per heavy atom. The lowest BCUT2D eigenvalue weighted by Crippen LogP contribution is -2.58. The van der Waals surface area contributed by atoms with Gasteiger partial charge in [-0.25, -0.2) is 4.79 Å². The standard InChI is InChI=1S/C28H53N5O8/c1-2-3-4-5-6-7-8-9-10-11-12-16-24(36)30-18-25(37)31-22(19-34)26(38)33-23(20-35)27(39)32-21(28(40)41)15-13-14-17-29/h21-23,34-35H,2-20,29H2,1H3,(H,30,36)(H,31,37)(H,32,39)(H,33,38)(H,40,41)/t21-,22-,23-/m0/s1. The first-order valence-corrected chi connectivity index (χ1v) is 15.0. The molecular weight excluding hydrogens is 534 g/mol. The Morgan fingerprint density at radius 1 is 0.634 bits per heavy atom. The van der Waals surface area contributed by atoms with Crippen molar-refractivity contribution >= 4 is 29.6 Å². The maximum absolute atomic E-state index is 12.5. The average molecular weight is 588 g/mol. The van der Waals surface area contributed by atoms with Crippen LogP contribution in [-0.2, 0) is 24.0 Å². The molecule has 13 nitrogen and oxygen atoms in total. The number of hydrogen-bond acceptors (Lipinski definition) is 8. The minimum atomic E-state index is -1.50. The van der Waals surface area contributed by atoms with E-state index in [-0.39, 0.29) is 18.7 Å². The number of nitrogens with one attached hydrogen (secondary N) is 4. The molecule has 0 saturated heterocycles. The molecule has 0 fully saturated rings. The number of rotatable bonds is 26. The van der Waals surface area contributed by atoms with Crippen LogP contribution in [0, 0.1) is 0 Å². The zero-order valence-corrected chi connectivity index (χ0v) is 24.6. The maximum Gasteiger partial charge on any atom is 0.326 e. The molecule has 0 bridgehead atoms. The quantitative estimate of drug-likeness (QED) is 0.0658. The highest BCUT2D eigenvalue weighted by molar-refractivity contribution is 5.94. The molecule has 9 N–H and O–H groups in total. The Bertz CT molecular complexity index is 768. The van der Waals surface area contributed by atoms with E-state index < -0.39 is 61.6 Å². The molecule has 0 aromatic rings. The van der Waals surface area contributed by atoms with Gasteiger partial charge < -0.3 is 42.3 Å². The number of hydrogen-bond donors (Lipinski definition) is 8. The van der Waals surface area contributed by atoms with Crippen LogP contribution in [0.5, 0.6) is 0 Å². The molecule has 13 heteroatoms. The summed E-state index contributed by atoms with van der Waals surface area (Å²) in [6.45, 7) is 0.536. The fraction of sp³-hybridized carbons (Fsp3) is 0.821. The Labute approximate surface area is 243 Å². The van der Waals surface area contributed by atoms with Crippen LogP contribution in [0.15, 0.2) is 0 Å². The van der Waals surface area contributed by atoms with Gasteiger partial charge in [0.25, 0.3) is 0 Å². The van der Waals surface area contributed by atoms with E-state index in [1.54, 1.807) is 0 Å². The lowest BCUT2D eigenvalue weighted by atomic mass is 10.1. The SMILES string of the molecule is CCCCCCCCCCCCCC(=O)NCC(=O)N[C@@H](CO)C(=O)N[C@@H](CO)C(=O)N[C@@H](CCCCN)C(=O)O. The Kier molecular flexibility index (Phi) is 23.3. The Hall–Kier alpha value is -2.77. The van der Waals surface area contributed by atoms with Gasteiger partial charge >= 0.3 is 5.97 Å². The second-order valence-electron chi connectivity index (χ2n) is 10.3. The Morgan fingerprint density at radius 2 is 1.12 bits per heavy atom. The second-order valence-corrected chi connectivity index (χ2v) is 10.3. The van der Waals surface area contributed by atoms with E-state index >= 15 is 0 Å². The summed E-state index contributed by atoms with van der Waals surface area (Å²) in [5, 5.41) is 37.5. The monoisotopic (exact) mass is 587 g/mol. The van der Waals surface area contributed by atoms with Gasteiger partial charge in [-0.3, -0.25) is 19.2 Å². The third kappa shape index (κ3) is 19.9. The highest BCUT2D eigenvalue weighted by atomic mass is 16.4. The van der Waals surface area contributed by atoms with Crippen LogP contribution in [0.3, 0.4) is 0 Å². The number of carbonyl (C=O) groups is 5. The summed E-state index contributed by atoms with van der Waals surface area (Å²) in [6, 6.07) is -4.19. The van der Waals surface area contributed by atoms with Gasteiger partial charge in [0.1, 0.15) is 18.1 Å². The first-order valence-electron chi connectivity index (χ1n) is 15.0. The summed E-state index contributed by atoms with van der Waals surface area (Å²) in [7, 11) is 0. The van der Waals surface area contributed by atoms with Gasteiger partial charge in [-0.2, -0.15) is 0 Å². The van der Waals surface area contributed by atoms with Crippen LogP contribution in [-0.4, -0.2) is 89.3 Å². The molecule has 0 spiro atoms. The molecular formula is C28H53N5O8. The van der Waals surface area contributed by atoms with E-state index in [0.29, 0.717) is 25.8 Å². The number of aliphatic carboxylic acids is 1. The number of aliphatic hydroxyl groups is 2. The van der Waals surface area contributed by atoms with Gasteiger partial charge in [0.05, 0.1) is 19.8 Å². The van der Waals surface area contributed by atoms with Gasteiger partial charge in [0, 0.05) is 6.42 Å². The van der Waals surface area contributed by atoms with Crippen molar-refractivity contribution in [2.75, 3.05) is 26.3 Å². The smallest absolute Gasteiger partial charge is 0.326 e. The molecule has 0 aromatic heterocycles. The molecule has 0 unspecified atom stereocenters. The maximum atomic E-state index is 12.5. The second kappa shape index (κ2) is 25.0. The van der Waals surface area contributed by atoms with Gasteiger partial charge in [-0.1, -0.05) is 71.1 Å². The molecule has 0 aliphatic heterocycles. The first kappa shape index (κ1) is 38.2. The summed E-state index contributed by atoms with van der Waals surface area (Å²) in [6.07, 6.45) is 14.2. The van der Waals surface area contributed by atoms with E-state index in [1.165, 1.54) is 44.9 Å². The van der Waals surface area contributed by atoms with Crippen molar-refractivity contribution in [3.8, 4) is 0 Å². The van der Waals surface area contributed by atoms with E-state index in [9.17, 15) is 39.3 Å². The highest BCUT2D eigenvalue weighted by Crippen LogP contribution is 2.11. The third-order valence-electron chi connectivity index (χ3n) is 6.66. The summed E-state index contributed by atoms with van der Waals surface area (Å²) in [5.41, 5.74) is 5.39. The summed E-state index contributed by atoms with van der Waals surface area (Å²) in [4.78, 5) is 60.5. The van der Waals surface area contributed by atoms with E-state index in [1.807, 2.05) is 0 Å². The van der Waals surface area contributed by atoms with Crippen LogP contribution >= 0.6 is 0 Å². The molecule has 3 atom stereocenters. The fourth-order valence-electron chi connectivity index (χ4n) is 4.15. The van der Waals surface area contributed by atoms with Crippen LogP contribution < -0.4 is 27.0 Å². The first-order chi connectivity index (χ1) is 19.7. The molecule has 0 radical (unpaired) electrons. The van der Waals surface area contributed by atoms with Crippen LogP contribution in [0.4, 0.5) is 0 Å². The number of amides is 4. The van der Waals surface area contributed by atoms with Gasteiger partial charge in [0.2, 0.25) is 23.6 Å². The van der Waals surface area contributed by atoms with Crippen molar-refractivity contribution in [3.05, 3.63) is 0 Å². The average Bonchev–Trinajstić information content (AvgIpc) is 2.95. The minimum absolute atomic E-state index is 0.116. The lowest BCUT2D eigenvalue weighted by molar-refractivity contribution is -0.142. The van der Waals surface area contributed by atoms with E-state index in [0.717, 1.165) is 19.3 Å².